The Bertz CT molecular complexity index is 1350. The Morgan fingerprint density at radius 2 is 2.00 bits per heavy atom. The first-order chi connectivity index (χ1) is 17.6. The molecule has 0 fully saturated rings. The number of amides is 2. The van der Waals surface area contributed by atoms with Crippen molar-refractivity contribution in [2.24, 2.45) is 0 Å². The quantitative estimate of drug-likeness (QED) is 0.336. The molecular formula is C25H25N5O6. The molecular weight excluding hydrogens is 466 g/mol. The van der Waals surface area contributed by atoms with Crippen LogP contribution in [0.25, 0.3) is 11.0 Å². The van der Waals surface area contributed by atoms with Crippen LogP contribution in [0, 0.1) is 0 Å². The molecule has 1 atom stereocenters. The maximum Gasteiger partial charge on any atom is 0.250 e. The van der Waals surface area contributed by atoms with Gasteiger partial charge >= 0.3 is 0 Å². The maximum absolute atomic E-state index is 13.8. The van der Waals surface area contributed by atoms with Gasteiger partial charge in [-0.05, 0) is 42.0 Å². The van der Waals surface area contributed by atoms with E-state index in [9.17, 15) is 9.59 Å². The van der Waals surface area contributed by atoms with E-state index in [0.29, 0.717) is 34.9 Å². The van der Waals surface area contributed by atoms with Crippen LogP contribution in [0.3, 0.4) is 0 Å². The lowest BCUT2D eigenvalue weighted by Gasteiger charge is -2.30. The van der Waals surface area contributed by atoms with Crippen molar-refractivity contribution in [3.05, 3.63) is 72.2 Å². The Labute approximate surface area is 206 Å². The van der Waals surface area contributed by atoms with E-state index < -0.39 is 6.04 Å². The van der Waals surface area contributed by atoms with Crippen LogP contribution in [-0.4, -0.2) is 58.8 Å². The second-order valence-corrected chi connectivity index (χ2v) is 8.15. The van der Waals surface area contributed by atoms with Gasteiger partial charge in [-0.2, -0.15) is 0 Å². The number of nitrogens with zero attached hydrogens (tertiary/aromatic N) is 4. The zero-order chi connectivity index (χ0) is 24.9. The molecule has 1 aliphatic heterocycles. The van der Waals surface area contributed by atoms with Gasteiger partial charge in [0.1, 0.15) is 17.8 Å². The molecule has 0 saturated heterocycles. The zero-order valence-corrected chi connectivity index (χ0v) is 19.6. The molecule has 5 rings (SSSR count). The summed E-state index contributed by atoms with van der Waals surface area (Å²) in [6.07, 6.45) is 1.47. The number of benzene rings is 2. The molecule has 3 heterocycles. The van der Waals surface area contributed by atoms with Crippen LogP contribution in [0.2, 0.25) is 0 Å². The van der Waals surface area contributed by atoms with Crippen molar-refractivity contribution in [3.63, 3.8) is 0 Å². The highest BCUT2D eigenvalue weighted by atomic mass is 16.7. The normalized spacial score (nSPS) is 13.0. The molecule has 2 aromatic heterocycles. The van der Waals surface area contributed by atoms with E-state index in [1.165, 1.54) is 15.8 Å². The summed E-state index contributed by atoms with van der Waals surface area (Å²) in [5.41, 5.74) is 2.15. The van der Waals surface area contributed by atoms with Gasteiger partial charge < -0.3 is 28.8 Å². The monoisotopic (exact) mass is 491 g/mol. The maximum atomic E-state index is 13.8. The minimum atomic E-state index is -1.02. The Kier molecular flexibility index (Phi) is 6.80. The molecule has 0 spiro atoms. The van der Waals surface area contributed by atoms with E-state index in [-0.39, 0.29) is 38.2 Å². The van der Waals surface area contributed by atoms with Crippen molar-refractivity contribution in [1.29, 1.82) is 0 Å². The highest BCUT2D eigenvalue weighted by molar-refractivity contribution is 5.88. The number of fused-ring (bicyclic) bond motifs is 2. The van der Waals surface area contributed by atoms with Crippen molar-refractivity contribution in [2.75, 3.05) is 27.1 Å². The molecule has 11 heteroatoms. The molecule has 1 unspecified atom stereocenters. The lowest BCUT2D eigenvalue weighted by molar-refractivity contribution is -0.143. The first-order valence-electron chi connectivity index (χ1n) is 11.4. The van der Waals surface area contributed by atoms with Gasteiger partial charge in [0.05, 0.1) is 18.4 Å². The third kappa shape index (κ3) is 4.86. The molecule has 2 aromatic carbocycles. The SMILES string of the molecule is COCCNC(=O)C(c1ccco1)N(Cc1ccc2c(c1)OCO2)C(=O)Cn1nnc2ccccc21. The van der Waals surface area contributed by atoms with Crippen LogP contribution in [0.1, 0.15) is 17.4 Å². The summed E-state index contributed by atoms with van der Waals surface area (Å²) >= 11 is 0. The highest BCUT2D eigenvalue weighted by Gasteiger charge is 2.34. The Hall–Kier alpha value is -4.38. The van der Waals surface area contributed by atoms with E-state index in [4.69, 9.17) is 18.6 Å². The van der Waals surface area contributed by atoms with Crippen LogP contribution >= 0.6 is 0 Å². The molecule has 2 amide bonds. The highest BCUT2D eigenvalue weighted by Crippen LogP contribution is 2.34. The number of nitrogens with one attached hydrogen (secondary N) is 1. The predicted molar refractivity (Wildman–Crippen MR) is 127 cm³/mol. The molecule has 0 radical (unpaired) electrons. The fourth-order valence-electron chi connectivity index (χ4n) is 4.06. The van der Waals surface area contributed by atoms with Crippen molar-refractivity contribution in [3.8, 4) is 11.5 Å². The summed E-state index contributed by atoms with van der Waals surface area (Å²) in [7, 11) is 1.55. The first kappa shape index (κ1) is 23.4. The van der Waals surface area contributed by atoms with Crippen molar-refractivity contribution in [1.82, 2.24) is 25.2 Å². The van der Waals surface area contributed by atoms with Crippen molar-refractivity contribution < 1.29 is 28.2 Å². The summed E-state index contributed by atoms with van der Waals surface area (Å²) in [4.78, 5) is 28.6. The number of ether oxygens (including phenoxy) is 3. The molecule has 1 aliphatic rings. The van der Waals surface area contributed by atoms with Gasteiger partial charge in [0, 0.05) is 20.2 Å². The number of methoxy groups -OCH3 is 1. The lowest BCUT2D eigenvalue weighted by atomic mass is 10.1. The Balaban J connectivity index is 1.49. The minimum Gasteiger partial charge on any atom is -0.467 e. The van der Waals surface area contributed by atoms with Crippen LogP contribution in [0.15, 0.2) is 65.3 Å². The van der Waals surface area contributed by atoms with Gasteiger partial charge in [-0.25, -0.2) is 4.68 Å². The van der Waals surface area contributed by atoms with Gasteiger partial charge in [-0.1, -0.05) is 23.4 Å². The second-order valence-electron chi connectivity index (χ2n) is 8.15. The van der Waals surface area contributed by atoms with E-state index in [1.54, 1.807) is 31.4 Å². The molecule has 0 aliphatic carbocycles. The fourth-order valence-corrected chi connectivity index (χ4v) is 4.06. The third-order valence-electron chi connectivity index (χ3n) is 5.79. The largest absolute Gasteiger partial charge is 0.467 e. The zero-order valence-electron chi connectivity index (χ0n) is 19.6. The van der Waals surface area contributed by atoms with Gasteiger partial charge in [0.15, 0.2) is 17.5 Å². The summed E-state index contributed by atoms with van der Waals surface area (Å²) in [5, 5.41) is 11.1. The molecule has 1 N–H and O–H groups in total. The molecule has 0 saturated carbocycles. The van der Waals surface area contributed by atoms with E-state index >= 15 is 0 Å². The fraction of sp³-hybridized carbons (Fsp3) is 0.280. The summed E-state index contributed by atoms with van der Waals surface area (Å²) < 4.78 is 23.1. The average Bonchev–Trinajstić information content (AvgIpc) is 3.65. The number of furan rings is 1. The van der Waals surface area contributed by atoms with E-state index in [1.807, 2.05) is 30.3 Å². The van der Waals surface area contributed by atoms with Gasteiger partial charge in [-0.3, -0.25) is 9.59 Å². The Morgan fingerprint density at radius 1 is 1.14 bits per heavy atom. The molecule has 4 aromatic rings. The number of carbonyl (C=O) groups is 2. The average molecular weight is 492 g/mol. The van der Waals surface area contributed by atoms with Crippen LogP contribution in [-0.2, 0) is 27.4 Å². The molecule has 0 bridgehead atoms. The number of hydrogen-bond donors (Lipinski definition) is 1. The minimum absolute atomic E-state index is 0.116. The van der Waals surface area contributed by atoms with Crippen LogP contribution in [0.5, 0.6) is 11.5 Å². The first-order valence-corrected chi connectivity index (χ1v) is 11.4. The van der Waals surface area contributed by atoms with Crippen molar-refractivity contribution in [2.45, 2.75) is 19.1 Å². The number of para-hydroxylation sites is 1. The summed E-state index contributed by atoms with van der Waals surface area (Å²) in [6, 6.07) is 15.1. The van der Waals surface area contributed by atoms with Crippen LogP contribution < -0.4 is 14.8 Å². The number of aromatic nitrogens is 3. The molecule has 186 valence electrons. The van der Waals surface area contributed by atoms with Gasteiger partial charge in [0.25, 0.3) is 5.91 Å². The van der Waals surface area contributed by atoms with Crippen molar-refractivity contribution >= 4 is 22.8 Å². The molecule has 36 heavy (non-hydrogen) atoms. The summed E-state index contributed by atoms with van der Waals surface area (Å²) in [5.74, 6) is 0.820. The Morgan fingerprint density at radius 3 is 2.83 bits per heavy atom. The number of rotatable bonds is 10. The standard InChI is InChI=1S/C25H25N5O6/c1-33-12-10-26-25(32)24(21-7-4-11-34-21)29(14-17-8-9-20-22(13-17)36-16-35-20)23(31)15-30-19-6-3-2-5-18(19)27-28-30/h2-9,11,13,24H,10,12,14-16H2,1H3,(H,26,32). The van der Waals surface area contributed by atoms with E-state index in [2.05, 4.69) is 15.6 Å². The smallest absolute Gasteiger partial charge is 0.250 e. The topological polar surface area (TPSA) is 121 Å². The predicted octanol–water partition coefficient (Wildman–Crippen LogP) is 2.29. The molecule has 11 nitrogen and oxygen atoms in total. The number of hydrogen-bond acceptors (Lipinski definition) is 8. The second kappa shape index (κ2) is 10.5. The van der Waals surface area contributed by atoms with E-state index in [0.717, 1.165) is 5.56 Å². The van der Waals surface area contributed by atoms with Gasteiger partial charge in [-0.15, -0.1) is 5.10 Å². The van der Waals surface area contributed by atoms with Gasteiger partial charge in [0.2, 0.25) is 12.7 Å². The third-order valence-corrected chi connectivity index (χ3v) is 5.79. The number of carbonyl (C=O) groups excluding carboxylic acids is 2. The van der Waals surface area contributed by atoms with Crippen LogP contribution in [0.4, 0.5) is 0 Å². The summed E-state index contributed by atoms with van der Waals surface area (Å²) in [6.45, 7) is 0.750. The lowest BCUT2D eigenvalue weighted by Crippen LogP contribution is -2.45.